The van der Waals surface area contributed by atoms with Crippen LogP contribution < -0.4 is 4.18 Å². The summed E-state index contributed by atoms with van der Waals surface area (Å²) in [5.74, 6) is -0.787. The number of carbonyl (C=O) groups excluding carboxylic acids is 1. The fourth-order valence-electron chi connectivity index (χ4n) is 3.28. The maximum Gasteiger partial charge on any atom is 0.534 e. The molecule has 9 heteroatoms. The van der Waals surface area contributed by atoms with Crippen LogP contribution >= 0.6 is 0 Å². The molecule has 0 heterocycles. The first-order valence-electron chi connectivity index (χ1n) is 8.41. The standard InChI is InChI=1S/C19H17F3O5S/c1-26-18(23)14-4-2-12(3-5-14)10-15-7-6-13-8-9-16(11-17(13)15)27-28(24,25)19(20,21)22/h2-5,8-9,11,15H,6-7,10H2,1H3. The first kappa shape index (κ1) is 20.2. The van der Waals surface area contributed by atoms with Gasteiger partial charge >= 0.3 is 21.6 Å². The lowest BCUT2D eigenvalue weighted by Gasteiger charge is -2.14. The van der Waals surface area contributed by atoms with E-state index < -0.39 is 21.6 Å². The van der Waals surface area contributed by atoms with E-state index in [1.165, 1.54) is 19.2 Å². The summed E-state index contributed by atoms with van der Waals surface area (Å²) >= 11 is 0. The zero-order valence-electron chi connectivity index (χ0n) is 14.8. The van der Waals surface area contributed by atoms with E-state index in [0.29, 0.717) is 12.0 Å². The van der Waals surface area contributed by atoms with Crippen LogP contribution in [0.15, 0.2) is 42.5 Å². The van der Waals surface area contributed by atoms with Crippen LogP contribution in [0.1, 0.15) is 39.4 Å². The number of rotatable bonds is 5. The molecule has 0 aromatic heterocycles. The molecule has 0 bridgehead atoms. The minimum Gasteiger partial charge on any atom is -0.465 e. The Bertz CT molecular complexity index is 982. The smallest absolute Gasteiger partial charge is 0.465 e. The number of halogens is 3. The molecule has 0 amide bonds. The van der Waals surface area contributed by atoms with Gasteiger partial charge in [0.05, 0.1) is 12.7 Å². The Hall–Kier alpha value is -2.55. The van der Waals surface area contributed by atoms with Crippen molar-refractivity contribution in [3.8, 4) is 5.75 Å². The molecule has 0 aliphatic heterocycles. The third-order valence-corrected chi connectivity index (χ3v) is 5.64. The van der Waals surface area contributed by atoms with Crippen molar-refractivity contribution in [3.63, 3.8) is 0 Å². The van der Waals surface area contributed by atoms with E-state index in [9.17, 15) is 26.4 Å². The summed E-state index contributed by atoms with van der Waals surface area (Å²) in [7, 11) is -4.41. The van der Waals surface area contributed by atoms with Crippen LogP contribution in [0.3, 0.4) is 0 Å². The molecule has 28 heavy (non-hydrogen) atoms. The number of carbonyl (C=O) groups is 1. The summed E-state index contributed by atoms with van der Waals surface area (Å²) in [4.78, 5) is 11.5. The highest BCUT2D eigenvalue weighted by Gasteiger charge is 2.48. The van der Waals surface area contributed by atoms with Gasteiger partial charge in [0.2, 0.25) is 0 Å². The van der Waals surface area contributed by atoms with Gasteiger partial charge in [0.25, 0.3) is 0 Å². The third kappa shape index (κ3) is 4.14. The second-order valence-corrected chi connectivity index (χ2v) is 8.01. The van der Waals surface area contributed by atoms with Gasteiger partial charge < -0.3 is 8.92 Å². The van der Waals surface area contributed by atoms with Gasteiger partial charge in [-0.15, -0.1) is 0 Å². The number of fused-ring (bicyclic) bond motifs is 1. The van der Waals surface area contributed by atoms with Crippen LogP contribution in [0, 0.1) is 0 Å². The monoisotopic (exact) mass is 414 g/mol. The van der Waals surface area contributed by atoms with Crippen LogP contribution in [0.25, 0.3) is 0 Å². The Morgan fingerprint density at radius 3 is 2.43 bits per heavy atom. The summed E-state index contributed by atoms with van der Waals surface area (Å²) in [5, 5.41) is 0. The largest absolute Gasteiger partial charge is 0.534 e. The van der Waals surface area contributed by atoms with Crippen molar-refractivity contribution in [1.82, 2.24) is 0 Å². The summed E-state index contributed by atoms with van der Waals surface area (Å²) in [6.45, 7) is 0. The van der Waals surface area contributed by atoms with Gasteiger partial charge in [-0.1, -0.05) is 18.2 Å². The first-order valence-corrected chi connectivity index (χ1v) is 9.82. The normalized spacial score (nSPS) is 16.5. The molecule has 1 atom stereocenters. The van der Waals surface area contributed by atoms with Crippen LogP contribution in [-0.4, -0.2) is 27.0 Å². The zero-order valence-corrected chi connectivity index (χ0v) is 15.6. The SMILES string of the molecule is COC(=O)c1ccc(CC2CCc3ccc(OS(=O)(=O)C(F)(F)F)cc32)cc1. The second-order valence-electron chi connectivity index (χ2n) is 6.47. The van der Waals surface area contributed by atoms with E-state index in [2.05, 4.69) is 8.92 Å². The Morgan fingerprint density at radius 1 is 1.14 bits per heavy atom. The van der Waals surface area contributed by atoms with Gasteiger partial charge in [0, 0.05) is 0 Å². The molecule has 0 N–H and O–H groups in total. The zero-order chi connectivity index (χ0) is 20.5. The molecule has 1 unspecified atom stereocenters. The Balaban J connectivity index is 1.79. The molecule has 3 rings (SSSR count). The fourth-order valence-corrected chi connectivity index (χ4v) is 3.73. The molecule has 0 fully saturated rings. The van der Waals surface area contributed by atoms with Gasteiger partial charge in [0.15, 0.2) is 0 Å². The summed E-state index contributed by atoms with van der Waals surface area (Å²) in [6, 6.07) is 11.1. The van der Waals surface area contributed by atoms with Gasteiger partial charge in [-0.2, -0.15) is 21.6 Å². The average Bonchev–Trinajstić information content (AvgIpc) is 3.02. The summed E-state index contributed by atoms with van der Waals surface area (Å²) in [5.41, 5.74) is -2.39. The minimum atomic E-state index is -5.70. The molecule has 1 aliphatic carbocycles. The first-order chi connectivity index (χ1) is 13.1. The number of esters is 1. The van der Waals surface area contributed by atoms with E-state index in [0.717, 1.165) is 29.5 Å². The van der Waals surface area contributed by atoms with Crippen molar-refractivity contribution < 1.29 is 35.3 Å². The number of ether oxygens (including phenoxy) is 1. The lowest BCUT2D eigenvalue weighted by atomic mass is 9.93. The molecule has 2 aromatic carbocycles. The number of methoxy groups -OCH3 is 1. The molecule has 5 nitrogen and oxygen atoms in total. The Labute approximate surface area is 160 Å². The molecule has 0 spiro atoms. The molecule has 0 radical (unpaired) electrons. The van der Waals surface area contributed by atoms with Crippen molar-refractivity contribution in [2.45, 2.75) is 30.7 Å². The van der Waals surface area contributed by atoms with Crippen molar-refractivity contribution >= 4 is 16.1 Å². The third-order valence-electron chi connectivity index (χ3n) is 4.67. The maximum atomic E-state index is 12.5. The van der Waals surface area contributed by atoms with Crippen molar-refractivity contribution in [2.24, 2.45) is 0 Å². The second kappa shape index (κ2) is 7.46. The van der Waals surface area contributed by atoms with Crippen molar-refractivity contribution in [3.05, 3.63) is 64.7 Å². The molecule has 2 aromatic rings. The summed E-state index contributed by atoms with van der Waals surface area (Å²) < 4.78 is 68.9. The topological polar surface area (TPSA) is 69.7 Å². The quantitative estimate of drug-likeness (QED) is 0.421. The predicted molar refractivity (Wildman–Crippen MR) is 94.6 cm³/mol. The van der Waals surface area contributed by atoms with Crippen LogP contribution in [-0.2, 0) is 27.7 Å². The molecule has 0 saturated heterocycles. The molecular weight excluding hydrogens is 397 g/mol. The molecule has 0 saturated carbocycles. The fraction of sp³-hybridized carbons (Fsp3) is 0.316. The molecular formula is C19H17F3O5S. The molecule has 1 aliphatic rings. The van der Waals surface area contributed by atoms with Gasteiger partial charge in [-0.05, 0) is 66.1 Å². The van der Waals surface area contributed by atoms with Crippen LogP contribution in [0.4, 0.5) is 13.2 Å². The number of hydrogen-bond acceptors (Lipinski definition) is 5. The van der Waals surface area contributed by atoms with Crippen LogP contribution in [0.2, 0.25) is 0 Å². The van der Waals surface area contributed by atoms with Gasteiger partial charge in [-0.25, -0.2) is 4.79 Å². The predicted octanol–water partition coefficient (Wildman–Crippen LogP) is 3.97. The average molecular weight is 414 g/mol. The number of alkyl halides is 3. The van der Waals surface area contributed by atoms with Crippen LogP contribution in [0.5, 0.6) is 5.75 Å². The van der Waals surface area contributed by atoms with E-state index in [4.69, 9.17) is 0 Å². The highest BCUT2D eigenvalue weighted by Crippen LogP contribution is 2.38. The summed E-state index contributed by atoms with van der Waals surface area (Å²) in [6.07, 6.45) is 2.13. The van der Waals surface area contributed by atoms with Gasteiger partial charge in [-0.3, -0.25) is 0 Å². The highest BCUT2D eigenvalue weighted by molar-refractivity contribution is 7.88. The van der Waals surface area contributed by atoms with Gasteiger partial charge in [0.1, 0.15) is 5.75 Å². The Morgan fingerprint density at radius 2 is 1.82 bits per heavy atom. The van der Waals surface area contributed by atoms with E-state index >= 15 is 0 Å². The Kier molecular flexibility index (Phi) is 5.38. The van der Waals surface area contributed by atoms with Crippen molar-refractivity contribution in [1.29, 1.82) is 0 Å². The highest BCUT2D eigenvalue weighted by atomic mass is 32.2. The maximum absolute atomic E-state index is 12.5. The van der Waals surface area contributed by atoms with Crippen molar-refractivity contribution in [2.75, 3.05) is 7.11 Å². The lowest BCUT2D eigenvalue weighted by Crippen LogP contribution is -2.28. The van der Waals surface area contributed by atoms with E-state index in [-0.39, 0.29) is 11.7 Å². The minimum absolute atomic E-state index is 0.0103. The van der Waals surface area contributed by atoms with E-state index in [1.807, 2.05) is 0 Å². The molecule has 150 valence electrons. The number of aryl methyl sites for hydroxylation is 1. The number of hydrogen-bond donors (Lipinski definition) is 0. The number of benzene rings is 2. The van der Waals surface area contributed by atoms with E-state index in [1.54, 1.807) is 30.3 Å². The lowest BCUT2D eigenvalue weighted by molar-refractivity contribution is -0.0500.